The number of benzene rings is 2. The van der Waals surface area contributed by atoms with Gasteiger partial charge in [-0.3, -0.25) is 4.79 Å². The summed E-state index contributed by atoms with van der Waals surface area (Å²) >= 11 is 6.55. The smallest absolute Gasteiger partial charge is 0.255 e. The molecule has 1 unspecified atom stereocenters. The van der Waals surface area contributed by atoms with Crippen LogP contribution >= 0.6 is 31.9 Å². The van der Waals surface area contributed by atoms with Crippen LogP contribution in [0.5, 0.6) is 0 Å². The average Bonchev–Trinajstić information content (AvgIpc) is 2.42. The molecule has 0 radical (unpaired) electrons. The first-order chi connectivity index (χ1) is 9.49. The average molecular weight is 401 g/mol. The number of hydrogen-bond donors (Lipinski definition) is 1. The highest BCUT2D eigenvalue weighted by Gasteiger charge is 2.12. The second-order valence-corrected chi connectivity index (χ2v) is 6.51. The van der Waals surface area contributed by atoms with Crippen molar-refractivity contribution < 1.29 is 9.18 Å². The molecule has 0 heterocycles. The minimum atomic E-state index is -0.459. The van der Waals surface area contributed by atoms with Crippen molar-refractivity contribution in [3.63, 3.8) is 0 Å². The Kier molecular flexibility index (Phi) is 4.94. The zero-order chi connectivity index (χ0) is 14.7. The maximum absolute atomic E-state index is 13.5. The fourth-order valence-electron chi connectivity index (χ4n) is 1.79. The number of rotatable bonds is 3. The van der Waals surface area contributed by atoms with Gasteiger partial charge in [0.15, 0.2) is 0 Å². The number of carbonyl (C=O) groups is 1. The van der Waals surface area contributed by atoms with Gasteiger partial charge in [0.2, 0.25) is 0 Å². The van der Waals surface area contributed by atoms with E-state index in [4.69, 9.17) is 0 Å². The topological polar surface area (TPSA) is 29.1 Å². The molecule has 5 heteroatoms. The number of nitrogens with one attached hydrogen (secondary N) is 1. The van der Waals surface area contributed by atoms with Crippen molar-refractivity contribution in [2.45, 2.75) is 11.8 Å². The Bertz CT molecular complexity index is 644. The van der Waals surface area contributed by atoms with Crippen molar-refractivity contribution in [3.05, 3.63) is 63.9 Å². The molecular weight excluding hydrogens is 389 g/mol. The minimum Gasteiger partial charge on any atom is -0.322 e. The van der Waals surface area contributed by atoms with E-state index in [1.54, 1.807) is 6.07 Å². The Morgan fingerprint density at radius 3 is 2.60 bits per heavy atom. The zero-order valence-electron chi connectivity index (χ0n) is 10.7. The highest BCUT2D eigenvalue weighted by atomic mass is 79.9. The highest BCUT2D eigenvalue weighted by molar-refractivity contribution is 9.10. The molecule has 0 aromatic heterocycles. The number of alkyl halides is 1. The number of carbonyl (C=O) groups excluding carboxylic acids is 1. The van der Waals surface area contributed by atoms with Gasteiger partial charge in [-0.25, -0.2) is 4.39 Å². The molecule has 2 aromatic carbocycles. The molecule has 2 nitrogen and oxygen atoms in total. The van der Waals surface area contributed by atoms with Gasteiger partial charge in [-0.15, -0.1) is 0 Å². The van der Waals surface area contributed by atoms with Gasteiger partial charge in [-0.05, 0) is 52.7 Å². The summed E-state index contributed by atoms with van der Waals surface area (Å²) < 4.78 is 13.8. The normalized spacial score (nSPS) is 12.0. The molecule has 20 heavy (non-hydrogen) atoms. The third-order valence-electron chi connectivity index (χ3n) is 2.82. The van der Waals surface area contributed by atoms with Gasteiger partial charge < -0.3 is 5.32 Å². The van der Waals surface area contributed by atoms with E-state index < -0.39 is 5.82 Å². The van der Waals surface area contributed by atoms with E-state index in [1.165, 1.54) is 12.1 Å². The molecule has 1 N–H and O–H groups in total. The van der Waals surface area contributed by atoms with Crippen LogP contribution in [0.1, 0.15) is 27.7 Å². The highest BCUT2D eigenvalue weighted by Crippen LogP contribution is 2.29. The summed E-state index contributed by atoms with van der Waals surface area (Å²) in [6, 6.07) is 11.8. The van der Waals surface area contributed by atoms with Crippen molar-refractivity contribution in [3.8, 4) is 0 Å². The summed E-state index contributed by atoms with van der Waals surface area (Å²) in [5.41, 5.74) is 1.96. The zero-order valence-corrected chi connectivity index (χ0v) is 13.8. The molecule has 1 amide bonds. The maximum atomic E-state index is 13.5. The van der Waals surface area contributed by atoms with Gasteiger partial charge in [0.1, 0.15) is 5.82 Å². The molecule has 104 valence electrons. The summed E-state index contributed by atoms with van der Waals surface area (Å²) in [5.74, 6) is -0.795. The summed E-state index contributed by atoms with van der Waals surface area (Å²) in [6.07, 6.45) is 0. The van der Waals surface area contributed by atoms with E-state index in [-0.39, 0.29) is 16.3 Å². The van der Waals surface area contributed by atoms with Crippen LogP contribution in [-0.4, -0.2) is 5.91 Å². The van der Waals surface area contributed by atoms with Crippen LogP contribution in [0.25, 0.3) is 0 Å². The van der Waals surface area contributed by atoms with Crippen LogP contribution in [0.3, 0.4) is 0 Å². The Morgan fingerprint density at radius 1 is 1.25 bits per heavy atom. The molecule has 0 spiro atoms. The van der Waals surface area contributed by atoms with Gasteiger partial charge in [-0.2, -0.15) is 0 Å². The van der Waals surface area contributed by atoms with Gasteiger partial charge in [-0.1, -0.05) is 34.1 Å². The predicted molar refractivity (Wildman–Crippen MR) is 85.8 cm³/mol. The Morgan fingerprint density at radius 2 is 1.95 bits per heavy atom. The second-order valence-electron chi connectivity index (χ2n) is 4.29. The molecular formula is C15H12Br2FNO. The molecule has 1 atom stereocenters. The molecule has 0 fully saturated rings. The van der Waals surface area contributed by atoms with E-state index in [2.05, 4.69) is 37.2 Å². The van der Waals surface area contributed by atoms with Gasteiger partial charge in [0, 0.05) is 16.1 Å². The largest absolute Gasteiger partial charge is 0.322 e. The van der Waals surface area contributed by atoms with Crippen molar-refractivity contribution in [1.82, 2.24) is 0 Å². The van der Waals surface area contributed by atoms with Gasteiger partial charge in [0.05, 0.1) is 4.47 Å². The summed E-state index contributed by atoms with van der Waals surface area (Å²) in [7, 11) is 0. The lowest BCUT2D eigenvalue weighted by molar-refractivity contribution is 0.102. The van der Waals surface area contributed by atoms with Crippen LogP contribution in [0.4, 0.5) is 10.1 Å². The van der Waals surface area contributed by atoms with Gasteiger partial charge >= 0.3 is 0 Å². The molecule has 2 aromatic rings. The molecule has 0 bridgehead atoms. The van der Waals surface area contributed by atoms with Crippen LogP contribution in [-0.2, 0) is 0 Å². The minimum absolute atomic E-state index is 0.112. The molecule has 0 aliphatic carbocycles. The predicted octanol–water partition coefficient (Wildman–Crippen LogP) is 5.30. The number of amides is 1. The third-order valence-corrected chi connectivity index (χ3v) is 3.96. The van der Waals surface area contributed by atoms with Crippen LogP contribution in [0.2, 0.25) is 0 Å². The molecule has 2 rings (SSSR count). The lowest BCUT2D eigenvalue weighted by Crippen LogP contribution is -2.13. The third kappa shape index (κ3) is 3.46. The van der Waals surface area contributed by atoms with E-state index in [9.17, 15) is 9.18 Å². The van der Waals surface area contributed by atoms with Crippen LogP contribution in [0.15, 0.2) is 46.9 Å². The van der Waals surface area contributed by atoms with Crippen LogP contribution < -0.4 is 5.32 Å². The van der Waals surface area contributed by atoms with Crippen molar-refractivity contribution >= 4 is 43.5 Å². The van der Waals surface area contributed by atoms with E-state index >= 15 is 0 Å². The van der Waals surface area contributed by atoms with Crippen molar-refractivity contribution in [2.24, 2.45) is 0 Å². The Labute approximate surface area is 133 Å². The number of anilines is 1. The fraction of sp³-hybridized carbons (Fsp3) is 0.133. The lowest BCUT2D eigenvalue weighted by Gasteiger charge is -2.12. The quantitative estimate of drug-likeness (QED) is 0.696. The second kappa shape index (κ2) is 6.50. The number of halogens is 3. The fourth-order valence-corrected chi connectivity index (χ4v) is 2.44. The van der Waals surface area contributed by atoms with Crippen molar-refractivity contribution in [2.75, 3.05) is 5.32 Å². The molecule has 0 aliphatic rings. The number of hydrogen-bond acceptors (Lipinski definition) is 1. The van der Waals surface area contributed by atoms with Crippen molar-refractivity contribution in [1.29, 1.82) is 0 Å². The lowest BCUT2D eigenvalue weighted by atomic mass is 10.1. The van der Waals surface area contributed by atoms with E-state index in [1.807, 2.05) is 31.2 Å². The van der Waals surface area contributed by atoms with Crippen LogP contribution in [0, 0.1) is 5.82 Å². The Hall–Kier alpha value is -1.20. The number of para-hydroxylation sites is 1. The van der Waals surface area contributed by atoms with E-state index in [0.29, 0.717) is 10.2 Å². The molecule has 0 saturated heterocycles. The Balaban J connectivity index is 2.26. The standard InChI is InChI=1S/C15H12Br2FNO/c1-9(16)11-4-2-3-5-14(11)19-15(20)10-6-7-12(17)13(18)8-10/h2-9H,1H3,(H,19,20). The first-order valence-electron chi connectivity index (χ1n) is 5.98. The summed E-state index contributed by atoms with van der Waals surface area (Å²) in [6.45, 7) is 1.98. The van der Waals surface area contributed by atoms with Gasteiger partial charge in [0.25, 0.3) is 5.91 Å². The first kappa shape index (κ1) is 15.2. The SMILES string of the molecule is CC(Br)c1ccccc1NC(=O)c1ccc(Br)c(F)c1. The summed E-state index contributed by atoms with van der Waals surface area (Å²) in [4.78, 5) is 12.3. The van der Waals surface area contributed by atoms with E-state index in [0.717, 1.165) is 5.56 Å². The molecule has 0 aliphatic heterocycles. The first-order valence-corrected chi connectivity index (χ1v) is 7.69. The monoisotopic (exact) mass is 399 g/mol. The summed E-state index contributed by atoms with van der Waals surface area (Å²) in [5, 5.41) is 2.80. The maximum Gasteiger partial charge on any atom is 0.255 e. The molecule has 0 saturated carbocycles.